The largest absolute Gasteiger partial charge is 0.394 e. The fourth-order valence-corrected chi connectivity index (χ4v) is 17.0. The van der Waals surface area contributed by atoms with E-state index < -0.39 is 421 Å². The molecule has 10 rings (SSSR count). The number of ether oxygens (including phenoxy) is 22. The Balaban J connectivity index is 0.985. The van der Waals surface area contributed by atoms with Crippen molar-refractivity contribution in [2.45, 2.75) is 360 Å². The minimum absolute atomic E-state index is 0.851. The average molecular weight is 1950 g/mol. The predicted molar refractivity (Wildman–Crippen MR) is 413 cm³/mol. The zero-order valence-electron chi connectivity index (χ0n) is 72.5. The van der Waals surface area contributed by atoms with E-state index in [-0.39, 0.29) is 0 Å². The van der Waals surface area contributed by atoms with E-state index in [2.05, 4.69) is 21.3 Å². The highest BCUT2D eigenvalue weighted by atomic mass is 16.8. The van der Waals surface area contributed by atoms with E-state index in [0.717, 1.165) is 41.9 Å². The Hall–Kier alpha value is -4.12. The molecule has 133 heavy (non-hydrogen) atoms. The van der Waals surface area contributed by atoms with E-state index >= 15 is 0 Å². The molecule has 32 N–H and O–H groups in total. The molecule has 58 nitrogen and oxygen atoms in total. The number of aliphatic hydroxyl groups is 28. The van der Waals surface area contributed by atoms with Gasteiger partial charge in [-0.3, -0.25) is 19.2 Å². The van der Waals surface area contributed by atoms with E-state index in [1.165, 1.54) is 6.92 Å². The summed E-state index contributed by atoms with van der Waals surface area (Å²) in [6.07, 6.45) is -101. The molecule has 0 spiro atoms. The van der Waals surface area contributed by atoms with Gasteiger partial charge in [0.25, 0.3) is 0 Å². The van der Waals surface area contributed by atoms with Crippen LogP contribution in [0.15, 0.2) is 0 Å². The highest BCUT2D eigenvalue weighted by Gasteiger charge is 2.62. The minimum atomic E-state index is -2.54. The van der Waals surface area contributed by atoms with Gasteiger partial charge < -0.3 is 268 Å². The molecule has 53 atom stereocenters. The first kappa shape index (κ1) is 111. The molecule has 0 aliphatic carbocycles. The van der Waals surface area contributed by atoms with Gasteiger partial charge in [0.15, 0.2) is 62.9 Å². The molecule has 10 fully saturated rings. The normalized spacial score (nSPS) is 47.0. The van der Waals surface area contributed by atoms with E-state index in [0.29, 0.717) is 0 Å². The number of amides is 4. The fraction of sp³-hybridized carbons (Fsp3) is 0.947. The maximum absolute atomic E-state index is 13.4. The SMILES string of the molecule is CO[C@H]1[C@@H](O)[C@@H](CO)O[C@@H](OC[C@H]2O[C@@H](O[C@H]3[C@H](O)[C@@H](NC(C)=O)[C@H](O[C@@H]4[C@@H](OC[C@H]5O[C@@H](O[C@H]6[C@H](O)[C@@H](NC(C)=O)[C@H](O[C@@H]([C@H](O)[C@H](CO)NC(C)=O)[C@H](O)CO[C@@H]7O[C@@H](C)[C@@H](O)[C@@H](O)[C@@H]7O)O[C@@H]6CO)[C@@H](O[C@@H]6OC[C@@H](O)[C@H](O)[C@H]6O)[C@@H](O[C@H]6O[C@H](CO)[C@@H](O)[C@H](O)[C@@H]6O)[C@@H]5O)O[C@H](CO)[C@@H](O)[C@@H]4O)O[C@@H]3CO)[C@H](NC(C)=O)[C@@H](O[C@@H]3O[C@H](CO)[C@H](OC)[C@H](O)[C@H]3O)[C@H]2O)[C@@H]1O. The zero-order valence-corrected chi connectivity index (χ0v) is 72.5. The third-order valence-electron chi connectivity index (χ3n) is 24.3. The summed E-state index contributed by atoms with van der Waals surface area (Å²) >= 11 is 0. The Morgan fingerprint density at radius 2 is 0.707 bits per heavy atom. The fourth-order valence-electron chi connectivity index (χ4n) is 17.0. The molecule has 0 bridgehead atoms. The summed E-state index contributed by atoms with van der Waals surface area (Å²) in [6.45, 7) is -6.87. The van der Waals surface area contributed by atoms with Crippen LogP contribution < -0.4 is 21.3 Å². The Labute approximate surface area is 755 Å². The van der Waals surface area contributed by atoms with Gasteiger partial charge in [0.2, 0.25) is 23.6 Å². The molecule has 0 unspecified atom stereocenters. The topological polar surface area (TPSA) is 886 Å². The molecule has 0 aromatic heterocycles. The van der Waals surface area contributed by atoms with Crippen molar-refractivity contribution in [3.63, 3.8) is 0 Å². The first-order chi connectivity index (χ1) is 63.0. The number of carbonyl (C=O) groups is 4. The van der Waals surface area contributed by atoms with Crippen molar-refractivity contribution in [2.75, 3.05) is 86.9 Å². The van der Waals surface area contributed by atoms with Crippen molar-refractivity contribution in [1.82, 2.24) is 21.3 Å². The van der Waals surface area contributed by atoms with Gasteiger partial charge in [-0.2, -0.15) is 0 Å². The Morgan fingerprint density at radius 1 is 0.323 bits per heavy atom. The number of aliphatic hydroxyl groups excluding tert-OH is 28. The predicted octanol–water partition coefficient (Wildman–Crippen LogP) is -21.8. The summed E-state index contributed by atoms with van der Waals surface area (Å²) in [6, 6.07) is -7.89. The highest BCUT2D eigenvalue weighted by Crippen LogP contribution is 2.41. The van der Waals surface area contributed by atoms with Crippen LogP contribution in [0, 0.1) is 0 Å². The lowest BCUT2D eigenvalue weighted by atomic mass is 9.93. The summed E-state index contributed by atoms with van der Waals surface area (Å²) in [5.41, 5.74) is 0. The van der Waals surface area contributed by atoms with Crippen molar-refractivity contribution in [2.24, 2.45) is 0 Å². The Kier molecular flexibility index (Phi) is 41.3. The van der Waals surface area contributed by atoms with Crippen LogP contribution >= 0.6 is 0 Å². The van der Waals surface area contributed by atoms with Crippen LogP contribution in [-0.2, 0) is 123 Å². The average Bonchev–Trinajstić information content (AvgIpc) is 0.767. The molecular weight excluding hydrogens is 1820 g/mol. The number of rotatable bonds is 39. The van der Waals surface area contributed by atoms with Crippen LogP contribution in [0.3, 0.4) is 0 Å². The molecule has 0 saturated carbocycles. The quantitative estimate of drug-likeness (QED) is 0.0272. The number of carbonyl (C=O) groups excluding carboxylic acids is 4. The van der Waals surface area contributed by atoms with Gasteiger partial charge in [0.05, 0.1) is 84.8 Å². The monoisotopic (exact) mass is 1950 g/mol. The molecule has 0 aromatic rings. The van der Waals surface area contributed by atoms with Crippen molar-refractivity contribution in [3.8, 4) is 0 Å². The smallest absolute Gasteiger partial charge is 0.217 e. The summed E-state index contributed by atoms with van der Waals surface area (Å²) in [7, 11) is 2.22. The minimum Gasteiger partial charge on any atom is -0.394 e. The lowest BCUT2D eigenvalue weighted by molar-refractivity contribution is -0.405. The van der Waals surface area contributed by atoms with Crippen molar-refractivity contribution < 1.29 is 266 Å². The van der Waals surface area contributed by atoms with Gasteiger partial charge in [0, 0.05) is 41.9 Å². The molecule has 0 radical (unpaired) electrons. The van der Waals surface area contributed by atoms with Gasteiger partial charge in [-0.05, 0) is 6.92 Å². The third kappa shape index (κ3) is 25.5. The van der Waals surface area contributed by atoms with Crippen molar-refractivity contribution in [1.29, 1.82) is 0 Å². The maximum atomic E-state index is 13.4. The van der Waals surface area contributed by atoms with Gasteiger partial charge in [-0.1, -0.05) is 0 Å². The molecule has 58 heteroatoms. The summed E-state index contributed by atoms with van der Waals surface area (Å²) in [4.78, 5) is 52.6. The molecule has 772 valence electrons. The van der Waals surface area contributed by atoms with E-state index in [9.17, 15) is 162 Å². The Bertz CT molecular complexity index is 3560. The lowest BCUT2D eigenvalue weighted by Gasteiger charge is -2.51. The van der Waals surface area contributed by atoms with Crippen LogP contribution in [0.2, 0.25) is 0 Å². The summed E-state index contributed by atoms with van der Waals surface area (Å²) < 4.78 is 131. The van der Waals surface area contributed by atoms with Crippen molar-refractivity contribution >= 4 is 23.6 Å². The standard InChI is InChI=1S/C75H128N4O54/c1-19-38(93)48(103)53(108)69(118-19)115-16-26(92)57(39(94)24(8-80)76-20(2)87)127-66-35(77-21(3)88)47(102)60(32(14-86)122-66)129-75-65(133-70-52(107)40(95)25(91)15-114-70)63(131-72-54(109)49(104)41(96)27(9-81)120-72)45(100)34(126-75)18-117-74-64(50(105)42(97)28(10-82)121-74)132-67-36(78-22(4)89)46(101)59(31(13-85)123-67)128-68-37(79-23(5)90)61(130-73-55(110)51(106)58(112-6)30(12-84)124-73)44(99)33(125-68)17-116-71-56(111)62(113-7)43(98)29(11-83)119-71/h19,24-75,80-86,91-111H,8-18H2,1-7H3,(H,76,87)(H,77,88)(H,78,89)(H,79,90)/t19-,24-,25+,26+,27+,28+,29+,30+,31+,32+,33+,34+,35+,36+,37+,38+,39+,40-,41+,42+,43-,44-,45+,46+,47+,48+,49-,50-,51+,52+,53-,54-,55+,56+,57+,58-,59+,60+,61+,62-,63-,64-,65-,66-,67-,68-,69+,70-,71+,72+,73-,74-,75-/m0/s1. The van der Waals surface area contributed by atoms with Gasteiger partial charge in [0.1, 0.15) is 250 Å². The first-order valence-corrected chi connectivity index (χ1v) is 42.6. The van der Waals surface area contributed by atoms with Crippen molar-refractivity contribution in [3.05, 3.63) is 0 Å². The third-order valence-corrected chi connectivity index (χ3v) is 24.3. The van der Waals surface area contributed by atoms with Gasteiger partial charge in [-0.25, -0.2) is 0 Å². The first-order valence-electron chi connectivity index (χ1n) is 42.6. The highest BCUT2D eigenvalue weighted by molar-refractivity contribution is 5.74. The molecule has 10 aliphatic heterocycles. The lowest BCUT2D eigenvalue weighted by Crippen LogP contribution is -2.71. The molecule has 10 heterocycles. The second kappa shape index (κ2) is 49.5. The van der Waals surface area contributed by atoms with E-state index in [4.69, 9.17) is 104 Å². The Morgan fingerprint density at radius 3 is 1.26 bits per heavy atom. The zero-order chi connectivity index (χ0) is 98.1. The molecule has 10 aliphatic rings. The van der Waals surface area contributed by atoms with Crippen LogP contribution in [0.25, 0.3) is 0 Å². The van der Waals surface area contributed by atoms with Crippen LogP contribution in [0.5, 0.6) is 0 Å². The second-order valence-corrected chi connectivity index (χ2v) is 33.6. The molecular formula is C75H128N4O54. The summed E-state index contributed by atoms with van der Waals surface area (Å²) in [5, 5.41) is 325. The number of hydrogen-bond acceptors (Lipinski definition) is 54. The second-order valence-electron chi connectivity index (χ2n) is 33.6. The van der Waals surface area contributed by atoms with Crippen LogP contribution in [0.4, 0.5) is 0 Å². The molecule has 10 saturated heterocycles. The summed E-state index contributed by atoms with van der Waals surface area (Å²) in [5.74, 6) is -3.89. The van der Waals surface area contributed by atoms with Gasteiger partial charge in [-0.15, -0.1) is 0 Å². The molecule has 0 aromatic carbocycles. The number of hydrogen-bond donors (Lipinski definition) is 32. The van der Waals surface area contributed by atoms with Crippen LogP contribution in [0.1, 0.15) is 34.6 Å². The maximum Gasteiger partial charge on any atom is 0.217 e. The van der Waals surface area contributed by atoms with E-state index in [1.807, 2.05) is 0 Å². The number of methoxy groups -OCH3 is 2. The van der Waals surface area contributed by atoms with Gasteiger partial charge >= 0.3 is 0 Å². The number of nitrogens with one attached hydrogen (secondary N) is 4. The molecule has 4 amide bonds. The van der Waals surface area contributed by atoms with Crippen LogP contribution in [-0.4, -0.2) is 579 Å². The van der Waals surface area contributed by atoms with E-state index in [1.54, 1.807) is 0 Å².